The minimum Gasteiger partial charge on any atom is -0.380 e. The number of halogens is 1. The van der Waals surface area contributed by atoms with Crippen LogP contribution in [-0.4, -0.2) is 7.11 Å². The number of hydrogen-bond acceptors (Lipinski definition) is 1. The zero-order valence-corrected chi connectivity index (χ0v) is 16.1. The van der Waals surface area contributed by atoms with Gasteiger partial charge in [-0.15, -0.1) is 0 Å². The predicted molar refractivity (Wildman–Crippen MR) is 102 cm³/mol. The lowest BCUT2D eigenvalue weighted by Gasteiger charge is -2.38. The van der Waals surface area contributed by atoms with Crippen molar-refractivity contribution in [3.63, 3.8) is 0 Å². The Bertz CT molecular complexity index is 525. The molecule has 2 heteroatoms. The van der Waals surface area contributed by atoms with Crippen LogP contribution in [0.2, 0.25) is 0 Å². The van der Waals surface area contributed by atoms with Crippen LogP contribution in [0, 0.1) is 23.6 Å². The summed E-state index contributed by atoms with van der Waals surface area (Å²) in [7, 11) is 1.62. The van der Waals surface area contributed by atoms with E-state index < -0.39 is 0 Å². The fourth-order valence-corrected chi connectivity index (χ4v) is 5.37. The van der Waals surface area contributed by atoms with Crippen molar-refractivity contribution in [3.05, 3.63) is 35.1 Å². The molecule has 0 radical (unpaired) electrons. The van der Waals surface area contributed by atoms with Crippen molar-refractivity contribution in [1.29, 1.82) is 0 Å². The zero-order valence-electron chi connectivity index (χ0n) is 16.1. The maximum Gasteiger partial charge on any atom is 0.129 e. The Balaban J connectivity index is 1.50. The lowest BCUT2D eigenvalue weighted by Crippen LogP contribution is -2.25. The van der Waals surface area contributed by atoms with Gasteiger partial charge in [-0.2, -0.15) is 0 Å². The fourth-order valence-electron chi connectivity index (χ4n) is 5.37. The van der Waals surface area contributed by atoms with Crippen LogP contribution in [0.1, 0.15) is 88.2 Å². The first-order valence-corrected chi connectivity index (χ1v) is 10.5. The Morgan fingerprint density at radius 1 is 0.960 bits per heavy atom. The second-order valence-corrected chi connectivity index (χ2v) is 8.47. The van der Waals surface area contributed by atoms with Crippen LogP contribution in [-0.2, 0) is 11.3 Å². The number of ether oxygens (including phenoxy) is 1. The molecule has 3 rings (SSSR count). The van der Waals surface area contributed by atoms with E-state index in [-0.39, 0.29) is 5.82 Å². The molecule has 25 heavy (non-hydrogen) atoms. The van der Waals surface area contributed by atoms with Gasteiger partial charge in [0.2, 0.25) is 0 Å². The molecule has 2 aliphatic carbocycles. The van der Waals surface area contributed by atoms with Crippen molar-refractivity contribution < 1.29 is 9.13 Å². The smallest absolute Gasteiger partial charge is 0.129 e. The Morgan fingerprint density at radius 3 is 2.16 bits per heavy atom. The van der Waals surface area contributed by atoms with Gasteiger partial charge in [0, 0.05) is 12.7 Å². The minimum atomic E-state index is -0.101. The SMILES string of the molecule is CCC[C@H]1CC[C@H](C2CCC(c3ccc(COC)c(F)c3)CC2)CC1. The second-order valence-electron chi connectivity index (χ2n) is 8.47. The first kappa shape index (κ1) is 18.9. The molecule has 2 saturated carbocycles. The van der Waals surface area contributed by atoms with E-state index in [2.05, 4.69) is 13.0 Å². The molecule has 0 heterocycles. The molecule has 0 saturated heterocycles. The molecule has 0 amide bonds. The quantitative estimate of drug-likeness (QED) is 0.547. The molecule has 0 aliphatic heterocycles. The van der Waals surface area contributed by atoms with E-state index in [1.165, 1.54) is 69.8 Å². The monoisotopic (exact) mass is 346 g/mol. The molecular formula is C23H35FO. The second kappa shape index (κ2) is 9.16. The largest absolute Gasteiger partial charge is 0.380 e. The summed E-state index contributed by atoms with van der Waals surface area (Å²) in [5, 5.41) is 0. The summed E-state index contributed by atoms with van der Waals surface area (Å²) in [6.45, 7) is 2.68. The van der Waals surface area contributed by atoms with Crippen molar-refractivity contribution >= 4 is 0 Å². The molecule has 0 spiro atoms. The Labute approximate surface area is 153 Å². The molecule has 0 atom stereocenters. The van der Waals surface area contributed by atoms with Crippen molar-refractivity contribution in [2.24, 2.45) is 17.8 Å². The Kier molecular flexibility index (Phi) is 6.92. The van der Waals surface area contributed by atoms with E-state index in [0.717, 1.165) is 17.8 Å². The van der Waals surface area contributed by atoms with Crippen molar-refractivity contribution in [1.82, 2.24) is 0 Å². The number of rotatable bonds is 6. The molecule has 140 valence electrons. The third-order valence-electron chi connectivity index (χ3n) is 6.88. The fraction of sp³-hybridized carbons (Fsp3) is 0.739. The van der Waals surface area contributed by atoms with Crippen molar-refractivity contribution in [2.75, 3.05) is 7.11 Å². The Hall–Kier alpha value is -0.890. The molecule has 1 aromatic carbocycles. The molecule has 2 fully saturated rings. The summed E-state index contributed by atoms with van der Waals surface area (Å²) in [4.78, 5) is 0. The highest BCUT2D eigenvalue weighted by Crippen LogP contribution is 2.44. The van der Waals surface area contributed by atoms with E-state index in [0.29, 0.717) is 18.1 Å². The van der Waals surface area contributed by atoms with E-state index in [9.17, 15) is 4.39 Å². The standard InChI is InChI=1S/C23H35FO/c1-3-4-17-5-7-18(8-6-17)19-9-11-20(12-10-19)21-13-14-22(16-25-2)23(24)15-21/h13-15,17-20H,3-12,16H2,1-2H3/t17-,18-,19?,20?. The first-order chi connectivity index (χ1) is 12.2. The van der Waals surface area contributed by atoms with Gasteiger partial charge in [-0.3, -0.25) is 0 Å². The summed E-state index contributed by atoms with van der Waals surface area (Å²) < 4.78 is 19.2. The molecule has 1 aromatic rings. The van der Waals surface area contributed by atoms with Crippen LogP contribution in [0.15, 0.2) is 18.2 Å². The van der Waals surface area contributed by atoms with Crippen molar-refractivity contribution in [2.45, 2.75) is 83.7 Å². The molecule has 1 nitrogen and oxygen atoms in total. The average Bonchev–Trinajstić information content (AvgIpc) is 2.65. The molecule has 0 bridgehead atoms. The number of hydrogen-bond donors (Lipinski definition) is 0. The number of methoxy groups -OCH3 is 1. The molecule has 0 aromatic heterocycles. The van der Waals surface area contributed by atoms with Crippen LogP contribution >= 0.6 is 0 Å². The maximum absolute atomic E-state index is 14.2. The topological polar surface area (TPSA) is 9.23 Å². The van der Waals surface area contributed by atoms with E-state index in [1.54, 1.807) is 13.2 Å². The first-order valence-electron chi connectivity index (χ1n) is 10.5. The summed E-state index contributed by atoms with van der Waals surface area (Å²) in [5.41, 5.74) is 1.87. The third-order valence-corrected chi connectivity index (χ3v) is 6.88. The van der Waals surface area contributed by atoms with Crippen molar-refractivity contribution in [3.8, 4) is 0 Å². The summed E-state index contributed by atoms with van der Waals surface area (Å²) in [5.74, 6) is 3.35. The van der Waals surface area contributed by atoms with Crippen LogP contribution in [0.4, 0.5) is 4.39 Å². The van der Waals surface area contributed by atoms with E-state index >= 15 is 0 Å². The molecule has 0 unspecified atom stereocenters. The minimum absolute atomic E-state index is 0.101. The Morgan fingerprint density at radius 2 is 1.60 bits per heavy atom. The predicted octanol–water partition coefficient (Wildman–Crippen LogP) is 6.85. The van der Waals surface area contributed by atoms with Gasteiger partial charge in [0.05, 0.1) is 6.61 Å². The van der Waals surface area contributed by atoms with Crippen LogP contribution < -0.4 is 0 Å². The van der Waals surface area contributed by atoms with Crippen LogP contribution in [0.3, 0.4) is 0 Å². The highest BCUT2D eigenvalue weighted by atomic mass is 19.1. The van der Waals surface area contributed by atoms with Gasteiger partial charge in [0.25, 0.3) is 0 Å². The summed E-state index contributed by atoms with van der Waals surface area (Å²) in [6, 6.07) is 5.79. The summed E-state index contributed by atoms with van der Waals surface area (Å²) in [6.07, 6.45) is 13.8. The van der Waals surface area contributed by atoms with E-state index in [1.807, 2.05) is 6.07 Å². The lowest BCUT2D eigenvalue weighted by molar-refractivity contribution is 0.156. The van der Waals surface area contributed by atoms with Gasteiger partial charge >= 0.3 is 0 Å². The molecule has 2 aliphatic rings. The molecular weight excluding hydrogens is 311 g/mol. The van der Waals surface area contributed by atoms with Gasteiger partial charge in [0.15, 0.2) is 0 Å². The summed E-state index contributed by atoms with van der Waals surface area (Å²) >= 11 is 0. The lowest BCUT2D eigenvalue weighted by atomic mass is 9.68. The van der Waals surface area contributed by atoms with Gasteiger partial charge in [-0.1, -0.05) is 44.7 Å². The number of benzene rings is 1. The average molecular weight is 347 g/mol. The third kappa shape index (κ3) is 4.84. The van der Waals surface area contributed by atoms with Gasteiger partial charge in [0.1, 0.15) is 5.82 Å². The van der Waals surface area contributed by atoms with Crippen LogP contribution in [0.5, 0.6) is 0 Å². The van der Waals surface area contributed by atoms with Gasteiger partial charge < -0.3 is 4.74 Å². The zero-order chi connectivity index (χ0) is 17.6. The normalized spacial score (nSPS) is 30.4. The molecule has 0 N–H and O–H groups in total. The highest BCUT2D eigenvalue weighted by Gasteiger charge is 2.31. The van der Waals surface area contributed by atoms with Gasteiger partial charge in [-0.25, -0.2) is 4.39 Å². The van der Waals surface area contributed by atoms with Crippen LogP contribution in [0.25, 0.3) is 0 Å². The maximum atomic E-state index is 14.2. The van der Waals surface area contributed by atoms with E-state index in [4.69, 9.17) is 4.74 Å². The van der Waals surface area contributed by atoms with Gasteiger partial charge in [-0.05, 0) is 73.8 Å². The highest BCUT2D eigenvalue weighted by molar-refractivity contribution is 5.27.